The van der Waals surface area contributed by atoms with E-state index in [1.165, 1.54) is 24.2 Å². The van der Waals surface area contributed by atoms with Gasteiger partial charge in [0, 0.05) is 18.2 Å². The SMILES string of the molecule is OC(c1nc2c([nH]1)CCCC2)C1CCNC1. The zero-order valence-corrected chi connectivity index (χ0v) is 9.50. The van der Waals surface area contributed by atoms with Crippen molar-refractivity contribution in [3.8, 4) is 0 Å². The molecule has 2 heterocycles. The van der Waals surface area contributed by atoms with Crippen LogP contribution >= 0.6 is 0 Å². The summed E-state index contributed by atoms with van der Waals surface area (Å²) in [6.45, 7) is 1.93. The van der Waals surface area contributed by atoms with Gasteiger partial charge in [-0.15, -0.1) is 0 Å². The van der Waals surface area contributed by atoms with Crippen LogP contribution in [0.5, 0.6) is 0 Å². The van der Waals surface area contributed by atoms with Gasteiger partial charge in [0.05, 0.1) is 5.69 Å². The summed E-state index contributed by atoms with van der Waals surface area (Å²) >= 11 is 0. The minimum Gasteiger partial charge on any atom is -0.385 e. The van der Waals surface area contributed by atoms with Crippen LogP contribution in [0.25, 0.3) is 0 Å². The zero-order chi connectivity index (χ0) is 11.0. The monoisotopic (exact) mass is 221 g/mol. The second kappa shape index (κ2) is 4.18. The van der Waals surface area contributed by atoms with Crippen LogP contribution in [0.1, 0.15) is 42.6 Å². The number of nitrogens with one attached hydrogen (secondary N) is 2. The molecule has 0 bridgehead atoms. The number of aliphatic hydroxyl groups is 1. The molecular formula is C12H19N3O. The molecule has 0 aromatic carbocycles. The molecule has 1 saturated heterocycles. The topological polar surface area (TPSA) is 60.9 Å². The fourth-order valence-electron chi connectivity index (χ4n) is 2.79. The van der Waals surface area contributed by atoms with Crippen LogP contribution in [0.15, 0.2) is 0 Å². The Hall–Kier alpha value is -0.870. The van der Waals surface area contributed by atoms with Gasteiger partial charge in [-0.3, -0.25) is 0 Å². The van der Waals surface area contributed by atoms with Crippen molar-refractivity contribution in [3.63, 3.8) is 0 Å². The Bertz CT molecular complexity index is 345. The summed E-state index contributed by atoms with van der Waals surface area (Å²) < 4.78 is 0. The van der Waals surface area contributed by atoms with E-state index in [1.54, 1.807) is 0 Å². The second-order valence-corrected chi connectivity index (χ2v) is 4.95. The number of aromatic nitrogens is 2. The van der Waals surface area contributed by atoms with Gasteiger partial charge in [-0.2, -0.15) is 0 Å². The normalized spacial score (nSPS) is 26.7. The number of imidazole rings is 1. The van der Waals surface area contributed by atoms with E-state index in [0.717, 1.165) is 38.2 Å². The smallest absolute Gasteiger partial charge is 0.135 e. The Balaban J connectivity index is 1.80. The number of nitrogens with zero attached hydrogens (tertiary/aromatic N) is 1. The fraction of sp³-hybridized carbons (Fsp3) is 0.750. The molecule has 2 unspecified atom stereocenters. The summed E-state index contributed by atoms with van der Waals surface area (Å²) in [5.41, 5.74) is 2.44. The van der Waals surface area contributed by atoms with E-state index in [1.807, 2.05) is 0 Å². The Morgan fingerprint density at radius 2 is 2.19 bits per heavy atom. The van der Waals surface area contributed by atoms with Crippen molar-refractivity contribution in [2.75, 3.05) is 13.1 Å². The van der Waals surface area contributed by atoms with Crippen molar-refractivity contribution in [3.05, 3.63) is 17.2 Å². The number of fused-ring (bicyclic) bond motifs is 1. The molecule has 16 heavy (non-hydrogen) atoms. The average molecular weight is 221 g/mol. The van der Waals surface area contributed by atoms with Crippen molar-refractivity contribution in [1.82, 2.24) is 15.3 Å². The van der Waals surface area contributed by atoms with Gasteiger partial charge < -0.3 is 15.4 Å². The van der Waals surface area contributed by atoms with Gasteiger partial charge in [-0.1, -0.05) is 0 Å². The fourth-order valence-corrected chi connectivity index (χ4v) is 2.79. The third kappa shape index (κ3) is 1.76. The minimum absolute atomic E-state index is 0.326. The number of hydrogen-bond donors (Lipinski definition) is 3. The molecule has 0 saturated carbocycles. The van der Waals surface area contributed by atoms with Gasteiger partial charge in [-0.05, 0) is 38.6 Å². The molecule has 0 radical (unpaired) electrons. The molecule has 1 aromatic rings. The highest BCUT2D eigenvalue weighted by Gasteiger charge is 2.27. The van der Waals surface area contributed by atoms with Gasteiger partial charge in [0.2, 0.25) is 0 Å². The predicted octanol–water partition coefficient (Wildman–Crippen LogP) is 0.931. The lowest BCUT2D eigenvalue weighted by molar-refractivity contribution is 0.110. The van der Waals surface area contributed by atoms with Crippen LogP contribution in [0.4, 0.5) is 0 Å². The number of hydrogen-bond acceptors (Lipinski definition) is 3. The number of rotatable bonds is 2. The lowest BCUT2D eigenvalue weighted by Crippen LogP contribution is -2.17. The van der Waals surface area contributed by atoms with Crippen LogP contribution in [0.2, 0.25) is 0 Å². The molecule has 1 fully saturated rings. The molecule has 1 aliphatic heterocycles. The van der Waals surface area contributed by atoms with E-state index in [-0.39, 0.29) is 0 Å². The number of aromatic amines is 1. The summed E-state index contributed by atoms with van der Waals surface area (Å²) in [6, 6.07) is 0. The summed E-state index contributed by atoms with van der Waals surface area (Å²) in [7, 11) is 0. The van der Waals surface area contributed by atoms with Crippen molar-refractivity contribution in [1.29, 1.82) is 0 Å². The molecule has 3 rings (SSSR count). The number of aliphatic hydroxyl groups excluding tert-OH is 1. The number of H-pyrrole nitrogens is 1. The lowest BCUT2D eigenvalue weighted by atomic mass is 10.0. The highest BCUT2D eigenvalue weighted by Crippen LogP contribution is 2.27. The van der Waals surface area contributed by atoms with Crippen LogP contribution in [-0.4, -0.2) is 28.2 Å². The Labute approximate surface area is 95.5 Å². The van der Waals surface area contributed by atoms with Gasteiger partial charge in [0.1, 0.15) is 11.9 Å². The summed E-state index contributed by atoms with van der Waals surface area (Å²) in [4.78, 5) is 7.88. The van der Waals surface area contributed by atoms with E-state index in [2.05, 4.69) is 15.3 Å². The molecule has 88 valence electrons. The highest BCUT2D eigenvalue weighted by molar-refractivity contribution is 5.19. The maximum Gasteiger partial charge on any atom is 0.135 e. The zero-order valence-electron chi connectivity index (χ0n) is 9.50. The number of aryl methyl sites for hydroxylation is 2. The van der Waals surface area contributed by atoms with Crippen LogP contribution in [0, 0.1) is 5.92 Å². The Kier molecular flexibility index (Phi) is 2.69. The van der Waals surface area contributed by atoms with E-state index < -0.39 is 6.10 Å². The van der Waals surface area contributed by atoms with Crippen LogP contribution in [-0.2, 0) is 12.8 Å². The molecular weight excluding hydrogens is 202 g/mol. The van der Waals surface area contributed by atoms with Gasteiger partial charge >= 0.3 is 0 Å². The maximum absolute atomic E-state index is 10.2. The molecule has 0 amide bonds. The minimum atomic E-state index is -0.416. The maximum atomic E-state index is 10.2. The first-order valence-corrected chi connectivity index (χ1v) is 6.31. The molecule has 4 heteroatoms. The molecule has 4 nitrogen and oxygen atoms in total. The predicted molar refractivity (Wildman–Crippen MR) is 61.2 cm³/mol. The van der Waals surface area contributed by atoms with Crippen molar-refractivity contribution in [2.45, 2.75) is 38.2 Å². The van der Waals surface area contributed by atoms with E-state index in [9.17, 15) is 5.11 Å². The summed E-state index contributed by atoms with van der Waals surface area (Å²) in [5.74, 6) is 1.12. The standard InChI is InChI=1S/C12H19N3O/c16-11(8-5-6-13-7-8)12-14-9-3-1-2-4-10(9)15-12/h8,11,13,16H,1-7H2,(H,14,15). The quantitative estimate of drug-likeness (QED) is 0.696. The Morgan fingerprint density at radius 3 is 2.94 bits per heavy atom. The van der Waals surface area contributed by atoms with E-state index in [4.69, 9.17) is 0 Å². The highest BCUT2D eigenvalue weighted by atomic mass is 16.3. The third-order valence-electron chi connectivity index (χ3n) is 3.80. The summed E-state index contributed by atoms with van der Waals surface area (Å²) in [5, 5.41) is 13.5. The molecule has 3 N–H and O–H groups in total. The average Bonchev–Trinajstić information content (AvgIpc) is 2.97. The first-order chi connectivity index (χ1) is 7.84. The second-order valence-electron chi connectivity index (χ2n) is 4.95. The van der Waals surface area contributed by atoms with Crippen molar-refractivity contribution < 1.29 is 5.11 Å². The largest absolute Gasteiger partial charge is 0.385 e. The lowest BCUT2D eigenvalue weighted by Gasteiger charge is -2.14. The van der Waals surface area contributed by atoms with Gasteiger partial charge in [0.15, 0.2) is 0 Å². The summed E-state index contributed by atoms with van der Waals surface area (Å²) in [6.07, 6.45) is 5.28. The molecule has 2 aliphatic rings. The van der Waals surface area contributed by atoms with Gasteiger partial charge in [-0.25, -0.2) is 4.98 Å². The molecule has 2 atom stereocenters. The first-order valence-electron chi connectivity index (χ1n) is 6.31. The molecule has 1 aromatic heterocycles. The van der Waals surface area contributed by atoms with Gasteiger partial charge in [0.25, 0.3) is 0 Å². The third-order valence-corrected chi connectivity index (χ3v) is 3.80. The first kappa shape index (κ1) is 10.3. The van der Waals surface area contributed by atoms with E-state index in [0.29, 0.717) is 5.92 Å². The Morgan fingerprint density at radius 1 is 1.31 bits per heavy atom. The van der Waals surface area contributed by atoms with Crippen molar-refractivity contribution in [2.24, 2.45) is 5.92 Å². The van der Waals surface area contributed by atoms with Crippen LogP contribution < -0.4 is 5.32 Å². The van der Waals surface area contributed by atoms with Crippen LogP contribution in [0.3, 0.4) is 0 Å². The molecule has 0 spiro atoms. The van der Waals surface area contributed by atoms with E-state index >= 15 is 0 Å². The van der Waals surface area contributed by atoms with Crippen molar-refractivity contribution >= 4 is 0 Å². The molecule has 1 aliphatic carbocycles.